The summed E-state index contributed by atoms with van der Waals surface area (Å²) in [5.74, 6) is 1.15. The molecule has 0 atom stereocenters. The van der Waals surface area contributed by atoms with E-state index < -0.39 is 0 Å². The van der Waals surface area contributed by atoms with Crippen molar-refractivity contribution in [1.29, 1.82) is 0 Å². The summed E-state index contributed by atoms with van der Waals surface area (Å²) >= 11 is 0. The van der Waals surface area contributed by atoms with Crippen LogP contribution >= 0.6 is 0 Å². The van der Waals surface area contributed by atoms with Gasteiger partial charge in [0.2, 0.25) is 0 Å². The van der Waals surface area contributed by atoms with Gasteiger partial charge >= 0.3 is 26.2 Å². The van der Waals surface area contributed by atoms with Gasteiger partial charge < -0.3 is 45.1 Å². The van der Waals surface area contributed by atoms with Crippen molar-refractivity contribution in [3.63, 3.8) is 0 Å². The first kappa shape index (κ1) is 45.6. The van der Waals surface area contributed by atoms with Gasteiger partial charge in [0.05, 0.1) is 0 Å². The van der Waals surface area contributed by atoms with Crippen LogP contribution in [0.4, 0.5) is 0 Å². The van der Waals surface area contributed by atoms with Crippen molar-refractivity contribution >= 4 is 21.5 Å². The van der Waals surface area contributed by atoms with E-state index in [4.69, 9.17) is 0 Å². The van der Waals surface area contributed by atoms with Gasteiger partial charge in [-0.3, -0.25) is 0 Å². The van der Waals surface area contributed by atoms with Crippen LogP contribution in [0.1, 0.15) is 110 Å². The Labute approximate surface area is 336 Å². The molecule has 6 aromatic rings. The fraction of sp³-hybridized carbons (Fsp3) is 0.319. The maximum absolute atomic E-state index is 3.38. The van der Waals surface area contributed by atoms with E-state index in [-0.39, 0.29) is 61.8 Å². The van der Waals surface area contributed by atoms with E-state index in [1.807, 2.05) is 0 Å². The van der Waals surface area contributed by atoms with E-state index in [1.54, 1.807) is 0 Å². The number of hydrogen-bond donors (Lipinski definition) is 0. The molecule has 0 spiro atoms. The number of hydrogen-bond acceptors (Lipinski definition) is 0. The SMILES string of the molecule is CC(C)c1cc2c(-c3ccc(C(C)(C)C)cc3)cccc2[cH-]1.CC(C)c1cc2c(-c3ccc(C(C)(C)C)cc3)cccc2[cH-]1.[CH2-]C[CH2-].[Cl-].[Cl-].[Zr+2]. The molecule has 0 nitrogen and oxygen atoms in total. The molecule has 0 unspecified atom stereocenters. The quantitative estimate of drug-likeness (QED) is 0.158. The molecule has 0 aromatic heterocycles. The first-order valence-corrected chi connectivity index (χ1v) is 17.3. The van der Waals surface area contributed by atoms with E-state index >= 15 is 0 Å². The molecule has 0 fully saturated rings. The Hall–Kier alpha value is -2.44. The average molecular weight is 783 g/mol. The van der Waals surface area contributed by atoms with E-state index in [1.165, 1.54) is 66.1 Å². The largest absolute Gasteiger partial charge is 2.00 e. The van der Waals surface area contributed by atoms with Crippen LogP contribution in [0.3, 0.4) is 0 Å². The van der Waals surface area contributed by atoms with Crippen LogP contribution in [0.5, 0.6) is 0 Å². The molecule has 6 aromatic carbocycles. The maximum Gasteiger partial charge on any atom is 2.00 e. The Morgan fingerprint density at radius 1 is 0.520 bits per heavy atom. The Morgan fingerprint density at radius 2 is 0.820 bits per heavy atom. The zero-order valence-corrected chi connectivity index (χ0v) is 35.9. The fourth-order valence-electron chi connectivity index (χ4n) is 5.99. The van der Waals surface area contributed by atoms with Crippen LogP contribution in [-0.2, 0) is 37.0 Å². The molecule has 0 heterocycles. The van der Waals surface area contributed by atoms with Crippen LogP contribution in [0, 0.1) is 13.8 Å². The summed E-state index contributed by atoms with van der Waals surface area (Å²) in [7, 11) is 0. The van der Waals surface area contributed by atoms with Gasteiger partial charge in [0.25, 0.3) is 0 Å². The number of fused-ring (bicyclic) bond motifs is 2. The third kappa shape index (κ3) is 11.3. The minimum atomic E-state index is 0. The standard InChI is InChI=1S/2C22H25.C3H6.2ClH.Zr/c2*1-15(2)18-13-17-7-6-8-20(21(17)14-18)16-9-11-19(12-10-16)22(3,4)5;1-3-2;;;/h2*6-15H,1-5H3;1-3H2;2*1H;/q2*-1;-2;;;+2/p-2. The molecule has 0 N–H and O–H groups in total. The van der Waals surface area contributed by atoms with Crippen LogP contribution in [-0.4, -0.2) is 0 Å². The monoisotopic (exact) mass is 780 g/mol. The predicted molar refractivity (Wildman–Crippen MR) is 211 cm³/mol. The van der Waals surface area contributed by atoms with Crippen LogP contribution in [0.25, 0.3) is 43.8 Å². The van der Waals surface area contributed by atoms with Crippen molar-refractivity contribution in [2.75, 3.05) is 0 Å². The minimum absolute atomic E-state index is 0. The summed E-state index contributed by atoms with van der Waals surface area (Å²) < 4.78 is 0. The molecule has 0 bridgehead atoms. The number of halogens is 2. The van der Waals surface area contributed by atoms with Gasteiger partial charge in [-0.2, -0.15) is 12.1 Å². The van der Waals surface area contributed by atoms with Crippen molar-refractivity contribution in [2.24, 2.45) is 0 Å². The predicted octanol–water partition coefficient (Wildman–Crippen LogP) is 8.34. The van der Waals surface area contributed by atoms with Crippen molar-refractivity contribution in [2.45, 2.75) is 98.3 Å². The molecule has 3 heteroatoms. The molecule has 50 heavy (non-hydrogen) atoms. The molecule has 0 radical (unpaired) electrons. The summed E-state index contributed by atoms with van der Waals surface area (Å²) in [5, 5.41) is 5.44. The smallest absolute Gasteiger partial charge is 1.00 e. The van der Waals surface area contributed by atoms with Crippen LogP contribution < -0.4 is 24.8 Å². The average Bonchev–Trinajstić information content (AvgIpc) is 3.66. The third-order valence-electron chi connectivity index (χ3n) is 9.00. The van der Waals surface area contributed by atoms with E-state index in [0.717, 1.165) is 6.42 Å². The topological polar surface area (TPSA) is 0 Å². The van der Waals surface area contributed by atoms with Gasteiger partial charge in [0.1, 0.15) is 0 Å². The second-order valence-corrected chi connectivity index (χ2v) is 15.5. The van der Waals surface area contributed by atoms with E-state index in [0.29, 0.717) is 11.8 Å². The molecule has 6 rings (SSSR count). The molecule has 266 valence electrons. The van der Waals surface area contributed by atoms with Gasteiger partial charge in [-0.05, 0) is 44.9 Å². The normalized spacial score (nSPS) is 11.2. The molecule has 0 amide bonds. The summed E-state index contributed by atoms with van der Waals surface area (Å²) in [6, 6.07) is 40.7. The summed E-state index contributed by atoms with van der Waals surface area (Å²) in [4.78, 5) is 0. The number of rotatable bonds is 4. The summed E-state index contributed by atoms with van der Waals surface area (Å²) in [5.41, 5.74) is 11.3. The van der Waals surface area contributed by atoms with Crippen molar-refractivity contribution < 1.29 is 51.0 Å². The third-order valence-corrected chi connectivity index (χ3v) is 9.00. The fourth-order valence-corrected chi connectivity index (χ4v) is 5.99. The first-order valence-electron chi connectivity index (χ1n) is 17.3. The first-order chi connectivity index (χ1) is 22.1. The van der Waals surface area contributed by atoms with Crippen LogP contribution in [0.2, 0.25) is 0 Å². The molecule has 0 aliphatic rings. The van der Waals surface area contributed by atoms with Crippen molar-refractivity contribution in [1.82, 2.24) is 0 Å². The Morgan fingerprint density at radius 3 is 1.08 bits per heavy atom. The van der Waals surface area contributed by atoms with Crippen molar-refractivity contribution in [3.05, 3.63) is 145 Å². The number of benzene rings is 4. The van der Waals surface area contributed by atoms with E-state index in [2.05, 4.69) is 192 Å². The van der Waals surface area contributed by atoms with Crippen LogP contribution in [0.15, 0.2) is 109 Å². The van der Waals surface area contributed by atoms with Gasteiger partial charge in [-0.25, -0.2) is 0 Å². The minimum Gasteiger partial charge on any atom is -1.00 e. The molecular weight excluding hydrogens is 727 g/mol. The van der Waals surface area contributed by atoms with Gasteiger partial charge in [0.15, 0.2) is 0 Å². The zero-order valence-electron chi connectivity index (χ0n) is 31.9. The second-order valence-electron chi connectivity index (χ2n) is 15.5. The Kier molecular flexibility index (Phi) is 17.7. The maximum atomic E-state index is 3.38. The Balaban J connectivity index is 0.000000439. The van der Waals surface area contributed by atoms with Gasteiger partial charge in [-0.15, -0.1) is 69.1 Å². The molecule has 0 aliphatic carbocycles. The van der Waals surface area contributed by atoms with E-state index in [9.17, 15) is 0 Å². The zero-order chi connectivity index (χ0) is 34.5. The molecular formula is C47H56Cl2Zr-4. The Bertz CT molecular complexity index is 1730. The molecule has 0 saturated carbocycles. The summed E-state index contributed by atoms with van der Waals surface area (Å²) in [6.07, 6.45) is 0.750. The van der Waals surface area contributed by atoms with Crippen molar-refractivity contribution in [3.8, 4) is 22.3 Å². The van der Waals surface area contributed by atoms with Gasteiger partial charge in [-0.1, -0.05) is 141 Å². The molecule has 0 aliphatic heterocycles. The second kappa shape index (κ2) is 19.4. The molecule has 0 saturated heterocycles. The van der Waals surface area contributed by atoms with Gasteiger partial charge in [0, 0.05) is 0 Å². The summed E-state index contributed by atoms with van der Waals surface area (Å²) in [6.45, 7) is 29.3.